The molecule has 2 rings (SSSR count). The number of nitrogens with one attached hydrogen (secondary N) is 1. The zero-order valence-electron chi connectivity index (χ0n) is 12.5. The minimum absolute atomic E-state index is 0.0984. The quantitative estimate of drug-likeness (QED) is 0.866. The largest absolute Gasteiger partial charge is 0.384 e. The summed E-state index contributed by atoms with van der Waals surface area (Å²) < 4.78 is 19.2. The van der Waals surface area contributed by atoms with Gasteiger partial charge in [-0.05, 0) is 44.0 Å². The van der Waals surface area contributed by atoms with Crippen molar-refractivity contribution in [3.8, 4) is 0 Å². The van der Waals surface area contributed by atoms with E-state index in [2.05, 4.69) is 10.2 Å². The minimum atomic E-state index is -0.0984. The first-order valence-corrected chi connectivity index (χ1v) is 7.36. The molecule has 0 aromatic heterocycles. The van der Waals surface area contributed by atoms with Crippen molar-refractivity contribution in [2.45, 2.75) is 25.9 Å². The molecule has 1 N–H and O–H groups in total. The highest BCUT2D eigenvalue weighted by molar-refractivity contribution is 5.25. The van der Waals surface area contributed by atoms with Gasteiger partial charge in [-0.25, -0.2) is 4.39 Å². The smallest absolute Gasteiger partial charge is 0.127 e. The minimum Gasteiger partial charge on any atom is -0.384 e. The summed E-state index contributed by atoms with van der Waals surface area (Å²) in [6.45, 7) is 4.33. The second-order valence-corrected chi connectivity index (χ2v) is 5.65. The lowest BCUT2D eigenvalue weighted by Gasteiger charge is -2.32. The molecule has 1 fully saturated rings. The average Bonchev–Trinajstić information content (AvgIpc) is 2.44. The molecule has 0 amide bonds. The van der Waals surface area contributed by atoms with Crippen molar-refractivity contribution < 1.29 is 9.13 Å². The summed E-state index contributed by atoms with van der Waals surface area (Å²) in [4.78, 5) is 2.34. The van der Waals surface area contributed by atoms with Gasteiger partial charge in [-0.3, -0.25) is 4.90 Å². The topological polar surface area (TPSA) is 24.5 Å². The summed E-state index contributed by atoms with van der Waals surface area (Å²) in [5.74, 6) is 0.482. The van der Waals surface area contributed by atoms with E-state index in [-0.39, 0.29) is 5.82 Å². The predicted molar refractivity (Wildman–Crippen MR) is 79.0 cm³/mol. The van der Waals surface area contributed by atoms with E-state index in [4.69, 9.17) is 4.74 Å². The first kappa shape index (κ1) is 15.4. The van der Waals surface area contributed by atoms with Crippen molar-refractivity contribution in [3.05, 3.63) is 35.1 Å². The van der Waals surface area contributed by atoms with Crippen molar-refractivity contribution in [2.75, 3.05) is 33.9 Å². The van der Waals surface area contributed by atoms with E-state index >= 15 is 0 Å². The van der Waals surface area contributed by atoms with Gasteiger partial charge in [0.2, 0.25) is 0 Å². The van der Waals surface area contributed by atoms with Gasteiger partial charge in [-0.15, -0.1) is 0 Å². The van der Waals surface area contributed by atoms with Gasteiger partial charge in [0.1, 0.15) is 5.82 Å². The molecule has 1 saturated heterocycles. The van der Waals surface area contributed by atoms with E-state index in [1.807, 2.05) is 19.2 Å². The average molecular weight is 280 g/mol. The molecule has 0 aliphatic carbocycles. The molecule has 20 heavy (non-hydrogen) atoms. The van der Waals surface area contributed by atoms with Gasteiger partial charge in [0.15, 0.2) is 0 Å². The Bertz CT molecular complexity index is 423. The Labute approximate surface area is 121 Å². The fourth-order valence-electron chi connectivity index (χ4n) is 2.97. The lowest BCUT2D eigenvalue weighted by atomic mass is 9.98. The molecular formula is C16H25FN2O. The molecule has 1 unspecified atom stereocenters. The van der Waals surface area contributed by atoms with Gasteiger partial charge in [-0.1, -0.05) is 12.1 Å². The van der Waals surface area contributed by atoms with Gasteiger partial charge in [0.05, 0.1) is 6.61 Å². The molecule has 1 aliphatic heterocycles. The molecule has 1 aromatic carbocycles. The molecule has 0 bridgehead atoms. The molecule has 3 nitrogen and oxygen atoms in total. The van der Waals surface area contributed by atoms with Crippen LogP contribution in [0.15, 0.2) is 18.2 Å². The number of halogens is 1. The van der Waals surface area contributed by atoms with Gasteiger partial charge in [-0.2, -0.15) is 0 Å². The van der Waals surface area contributed by atoms with Crippen LogP contribution in [0.3, 0.4) is 0 Å². The Kier molecular flexibility index (Phi) is 5.95. The van der Waals surface area contributed by atoms with E-state index < -0.39 is 0 Å². The van der Waals surface area contributed by atoms with Crippen molar-refractivity contribution in [2.24, 2.45) is 5.92 Å². The van der Waals surface area contributed by atoms with E-state index in [9.17, 15) is 4.39 Å². The first-order chi connectivity index (χ1) is 9.72. The fourth-order valence-corrected chi connectivity index (χ4v) is 2.97. The molecule has 112 valence electrons. The highest BCUT2D eigenvalue weighted by atomic mass is 19.1. The van der Waals surface area contributed by atoms with E-state index in [0.29, 0.717) is 12.5 Å². The highest BCUT2D eigenvalue weighted by Gasteiger charge is 2.20. The molecule has 1 aliphatic rings. The van der Waals surface area contributed by atoms with Crippen LogP contribution in [-0.4, -0.2) is 38.8 Å². The number of ether oxygens (including phenoxy) is 1. The number of rotatable bonds is 6. The zero-order valence-corrected chi connectivity index (χ0v) is 12.5. The lowest BCUT2D eigenvalue weighted by Crippen LogP contribution is -2.36. The normalized spacial score (nSPS) is 20.2. The Morgan fingerprint density at radius 2 is 2.30 bits per heavy atom. The van der Waals surface area contributed by atoms with Crippen molar-refractivity contribution in [1.82, 2.24) is 10.2 Å². The zero-order chi connectivity index (χ0) is 14.4. The van der Waals surface area contributed by atoms with Crippen LogP contribution in [0.1, 0.15) is 24.0 Å². The van der Waals surface area contributed by atoms with Crippen LogP contribution >= 0.6 is 0 Å². The summed E-state index contributed by atoms with van der Waals surface area (Å²) in [5.41, 5.74) is 1.94. The van der Waals surface area contributed by atoms with E-state index in [0.717, 1.165) is 37.4 Å². The Morgan fingerprint density at radius 1 is 1.45 bits per heavy atom. The maximum Gasteiger partial charge on any atom is 0.127 e. The van der Waals surface area contributed by atoms with Crippen LogP contribution in [-0.2, 0) is 17.8 Å². The van der Waals surface area contributed by atoms with Gasteiger partial charge >= 0.3 is 0 Å². The monoisotopic (exact) mass is 280 g/mol. The van der Waals surface area contributed by atoms with Crippen LogP contribution in [0, 0.1) is 11.7 Å². The molecule has 0 radical (unpaired) electrons. The summed E-state index contributed by atoms with van der Waals surface area (Å²) in [6, 6.07) is 5.41. The summed E-state index contributed by atoms with van der Waals surface area (Å²) >= 11 is 0. The van der Waals surface area contributed by atoms with Gasteiger partial charge < -0.3 is 10.1 Å². The molecule has 0 saturated carbocycles. The van der Waals surface area contributed by atoms with Crippen LogP contribution in [0.5, 0.6) is 0 Å². The molecule has 1 heterocycles. The summed E-state index contributed by atoms with van der Waals surface area (Å²) in [7, 11) is 3.66. The maximum absolute atomic E-state index is 13.9. The number of benzene rings is 1. The fraction of sp³-hybridized carbons (Fsp3) is 0.625. The van der Waals surface area contributed by atoms with Gasteiger partial charge in [0.25, 0.3) is 0 Å². The third-order valence-electron chi connectivity index (χ3n) is 3.89. The van der Waals surface area contributed by atoms with Crippen LogP contribution < -0.4 is 5.32 Å². The molecule has 1 atom stereocenters. The number of piperidine rings is 1. The Balaban J connectivity index is 1.99. The van der Waals surface area contributed by atoms with E-state index in [1.54, 1.807) is 13.2 Å². The Hall–Kier alpha value is -0.970. The van der Waals surface area contributed by atoms with Crippen molar-refractivity contribution >= 4 is 0 Å². The third-order valence-corrected chi connectivity index (χ3v) is 3.89. The number of hydrogen-bond donors (Lipinski definition) is 1. The van der Waals surface area contributed by atoms with E-state index in [1.165, 1.54) is 12.8 Å². The summed E-state index contributed by atoms with van der Waals surface area (Å²) in [5, 5.41) is 3.11. The van der Waals surface area contributed by atoms with Crippen LogP contribution in [0.25, 0.3) is 0 Å². The highest BCUT2D eigenvalue weighted by Crippen LogP contribution is 2.20. The lowest BCUT2D eigenvalue weighted by molar-refractivity contribution is 0.0868. The number of hydrogen-bond acceptors (Lipinski definition) is 3. The SMILES string of the molecule is CNCc1ccc(F)c(CN2CCCC(COC)C2)c1. The van der Waals surface area contributed by atoms with Crippen molar-refractivity contribution in [1.29, 1.82) is 0 Å². The third kappa shape index (κ3) is 4.27. The second-order valence-electron chi connectivity index (χ2n) is 5.65. The molecular weight excluding hydrogens is 255 g/mol. The summed E-state index contributed by atoms with van der Waals surface area (Å²) in [6.07, 6.45) is 2.39. The number of nitrogens with zero attached hydrogens (tertiary/aromatic N) is 1. The second kappa shape index (κ2) is 7.72. The maximum atomic E-state index is 13.9. The standard InChI is InChI=1S/C16H25FN2O/c1-18-9-13-5-6-16(17)15(8-13)11-19-7-3-4-14(10-19)12-20-2/h5-6,8,14,18H,3-4,7,9-12H2,1-2H3. The Morgan fingerprint density at radius 3 is 3.05 bits per heavy atom. The predicted octanol–water partition coefficient (Wildman–Crippen LogP) is 2.40. The molecule has 4 heteroatoms. The van der Waals surface area contributed by atoms with Crippen LogP contribution in [0.4, 0.5) is 4.39 Å². The van der Waals surface area contributed by atoms with Gasteiger partial charge in [0, 0.05) is 32.3 Å². The van der Waals surface area contributed by atoms with Crippen molar-refractivity contribution in [3.63, 3.8) is 0 Å². The number of likely N-dealkylation sites (tertiary alicyclic amines) is 1. The number of methoxy groups -OCH3 is 1. The molecule has 1 aromatic rings. The van der Waals surface area contributed by atoms with Crippen LogP contribution in [0.2, 0.25) is 0 Å². The first-order valence-electron chi connectivity index (χ1n) is 7.36. The molecule has 0 spiro atoms.